The highest BCUT2D eigenvalue weighted by atomic mass is 15.1. The van der Waals surface area contributed by atoms with Gasteiger partial charge in [0, 0.05) is 11.5 Å². The molecule has 0 saturated carbocycles. The normalized spacial score (nSPS) is 26.2. The second-order valence-corrected chi connectivity index (χ2v) is 4.41. The predicted molar refractivity (Wildman–Crippen MR) is 52.1 cm³/mol. The minimum atomic E-state index is 0.0940. The van der Waals surface area contributed by atoms with Crippen LogP contribution >= 0.6 is 0 Å². The van der Waals surface area contributed by atoms with Crippen LogP contribution in [0.15, 0.2) is 5.10 Å². The Bertz CT molecular complexity index is 173. The maximum absolute atomic E-state index is 5.39. The van der Waals surface area contributed by atoms with Crippen molar-refractivity contribution in [1.29, 1.82) is 0 Å². The minimum absolute atomic E-state index is 0.0940. The van der Waals surface area contributed by atoms with Crippen LogP contribution in [0, 0.1) is 5.41 Å². The molecule has 1 heterocycles. The van der Waals surface area contributed by atoms with Crippen LogP contribution in [-0.4, -0.2) is 18.3 Å². The van der Waals surface area contributed by atoms with Crippen LogP contribution in [0.5, 0.6) is 0 Å². The van der Waals surface area contributed by atoms with Gasteiger partial charge in [0.1, 0.15) is 0 Å². The Morgan fingerprint density at radius 2 is 2.17 bits per heavy atom. The highest BCUT2D eigenvalue weighted by Crippen LogP contribution is 2.22. The van der Waals surface area contributed by atoms with Crippen molar-refractivity contribution in [1.82, 2.24) is 5.32 Å². The van der Waals surface area contributed by atoms with Crippen molar-refractivity contribution in [2.75, 3.05) is 6.54 Å². The Labute approximate surface area is 74.4 Å². The summed E-state index contributed by atoms with van der Waals surface area (Å²) in [6.45, 7) is 7.55. The smallest absolute Gasteiger partial charge is 0.0598 e. The van der Waals surface area contributed by atoms with Gasteiger partial charge in [-0.05, 0) is 19.4 Å². The molecule has 70 valence electrons. The summed E-state index contributed by atoms with van der Waals surface area (Å²) in [4.78, 5) is 0. The van der Waals surface area contributed by atoms with Gasteiger partial charge in [0.05, 0.1) is 5.71 Å². The molecule has 0 aliphatic carbocycles. The van der Waals surface area contributed by atoms with Crippen molar-refractivity contribution >= 4 is 5.71 Å². The molecular formula is C9H19N3. The lowest BCUT2D eigenvalue weighted by Gasteiger charge is -2.25. The number of hydrogen-bond donors (Lipinski definition) is 2. The summed E-state index contributed by atoms with van der Waals surface area (Å²) in [5.41, 5.74) is 1.19. The number of hydrogen-bond acceptors (Lipinski definition) is 3. The molecule has 0 spiro atoms. The summed E-state index contributed by atoms with van der Waals surface area (Å²) in [6, 6.07) is 0.412. The first-order valence-electron chi connectivity index (χ1n) is 4.57. The average molecular weight is 169 g/mol. The molecule has 1 aliphatic heterocycles. The van der Waals surface area contributed by atoms with Crippen LogP contribution in [0.2, 0.25) is 0 Å². The first kappa shape index (κ1) is 9.52. The van der Waals surface area contributed by atoms with E-state index < -0.39 is 0 Å². The van der Waals surface area contributed by atoms with Crippen molar-refractivity contribution < 1.29 is 0 Å². The van der Waals surface area contributed by atoms with Crippen molar-refractivity contribution in [3.63, 3.8) is 0 Å². The molecule has 0 bridgehead atoms. The van der Waals surface area contributed by atoms with Crippen LogP contribution in [0.25, 0.3) is 0 Å². The van der Waals surface area contributed by atoms with E-state index in [9.17, 15) is 0 Å². The summed E-state index contributed by atoms with van der Waals surface area (Å²) in [6.07, 6.45) is 2.41. The number of rotatable bonds is 1. The molecule has 1 unspecified atom stereocenters. The Balaban J connectivity index is 2.69. The predicted octanol–water partition coefficient (Wildman–Crippen LogP) is 1.10. The highest BCUT2D eigenvalue weighted by molar-refractivity contribution is 5.93. The molecule has 1 saturated heterocycles. The zero-order valence-electron chi connectivity index (χ0n) is 8.22. The fraction of sp³-hybridized carbons (Fsp3) is 0.889. The molecule has 1 fully saturated rings. The van der Waals surface area contributed by atoms with Crippen molar-refractivity contribution in [3.05, 3.63) is 0 Å². The van der Waals surface area contributed by atoms with Gasteiger partial charge in [-0.2, -0.15) is 5.10 Å². The lowest BCUT2D eigenvalue weighted by molar-refractivity contribution is 0.548. The second-order valence-electron chi connectivity index (χ2n) is 4.41. The molecule has 0 aromatic rings. The number of nitrogens with one attached hydrogen (secondary N) is 1. The first-order valence-corrected chi connectivity index (χ1v) is 4.57. The van der Waals surface area contributed by atoms with Gasteiger partial charge >= 0.3 is 0 Å². The molecule has 0 aromatic heterocycles. The third-order valence-electron chi connectivity index (χ3n) is 2.30. The molecule has 3 N–H and O–H groups in total. The fourth-order valence-electron chi connectivity index (χ4n) is 1.72. The monoisotopic (exact) mass is 169 g/mol. The summed E-state index contributed by atoms with van der Waals surface area (Å²) in [5, 5.41) is 7.30. The van der Waals surface area contributed by atoms with Gasteiger partial charge in [0.15, 0.2) is 0 Å². The second kappa shape index (κ2) is 3.44. The largest absolute Gasteiger partial charge is 0.323 e. The van der Waals surface area contributed by atoms with Crippen molar-refractivity contribution in [2.24, 2.45) is 16.4 Å². The molecule has 0 aromatic carbocycles. The molecule has 0 amide bonds. The van der Waals surface area contributed by atoms with Gasteiger partial charge in [-0.15, -0.1) is 0 Å². The van der Waals surface area contributed by atoms with Gasteiger partial charge in [-0.25, -0.2) is 0 Å². The minimum Gasteiger partial charge on any atom is -0.323 e. The van der Waals surface area contributed by atoms with E-state index in [0.29, 0.717) is 6.04 Å². The number of nitrogens with two attached hydrogens (primary N) is 1. The molecule has 3 heteroatoms. The number of hydrazone groups is 1. The van der Waals surface area contributed by atoms with E-state index in [-0.39, 0.29) is 5.41 Å². The Morgan fingerprint density at radius 1 is 1.50 bits per heavy atom. The van der Waals surface area contributed by atoms with E-state index in [1.54, 1.807) is 0 Å². The summed E-state index contributed by atoms with van der Waals surface area (Å²) >= 11 is 0. The Morgan fingerprint density at radius 3 is 2.50 bits per heavy atom. The molecule has 3 nitrogen and oxygen atoms in total. The van der Waals surface area contributed by atoms with Gasteiger partial charge < -0.3 is 11.2 Å². The third kappa shape index (κ3) is 1.97. The highest BCUT2D eigenvalue weighted by Gasteiger charge is 2.28. The summed E-state index contributed by atoms with van der Waals surface area (Å²) in [7, 11) is 0. The van der Waals surface area contributed by atoms with Gasteiger partial charge in [0.2, 0.25) is 0 Å². The molecular weight excluding hydrogens is 150 g/mol. The SMILES string of the molecule is CC(C)(C)/C(=N/N)C1CCCN1. The molecule has 1 aliphatic rings. The molecule has 0 radical (unpaired) electrons. The topological polar surface area (TPSA) is 50.4 Å². The zero-order valence-corrected chi connectivity index (χ0v) is 8.22. The number of nitrogens with zero attached hydrogens (tertiary/aromatic N) is 1. The van der Waals surface area contributed by atoms with E-state index >= 15 is 0 Å². The lowest BCUT2D eigenvalue weighted by Crippen LogP contribution is -2.39. The Kier molecular flexibility index (Phi) is 2.73. The third-order valence-corrected chi connectivity index (χ3v) is 2.30. The van der Waals surface area contributed by atoms with Crippen LogP contribution < -0.4 is 11.2 Å². The van der Waals surface area contributed by atoms with E-state index in [1.165, 1.54) is 12.8 Å². The summed E-state index contributed by atoms with van der Waals surface area (Å²) < 4.78 is 0. The van der Waals surface area contributed by atoms with Crippen molar-refractivity contribution in [2.45, 2.75) is 39.7 Å². The van der Waals surface area contributed by atoms with Gasteiger partial charge in [0.25, 0.3) is 0 Å². The van der Waals surface area contributed by atoms with E-state index in [1.807, 2.05) is 0 Å². The standard InChI is InChI=1S/C9H19N3/c1-9(2,3)8(12-10)7-5-4-6-11-7/h7,11H,4-6,10H2,1-3H3/b12-8+. The van der Waals surface area contributed by atoms with Crippen LogP contribution in [-0.2, 0) is 0 Å². The summed E-state index contributed by atoms with van der Waals surface area (Å²) in [5.74, 6) is 5.39. The van der Waals surface area contributed by atoms with E-state index in [4.69, 9.17) is 5.84 Å². The Hall–Kier alpha value is -0.570. The first-order chi connectivity index (χ1) is 5.55. The molecule has 12 heavy (non-hydrogen) atoms. The molecule has 1 atom stereocenters. The maximum atomic E-state index is 5.39. The van der Waals surface area contributed by atoms with Crippen LogP contribution in [0.4, 0.5) is 0 Å². The molecule has 1 rings (SSSR count). The van der Waals surface area contributed by atoms with E-state index in [2.05, 4.69) is 31.2 Å². The fourth-order valence-corrected chi connectivity index (χ4v) is 1.72. The van der Waals surface area contributed by atoms with Crippen molar-refractivity contribution in [3.8, 4) is 0 Å². The van der Waals surface area contributed by atoms with Gasteiger partial charge in [-0.1, -0.05) is 20.8 Å². The lowest BCUT2D eigenvalue weighted by atomic mass is 9.85. The quantitative estimate of drug-likeness (QED) is 0.351. The van der Waals surface area contributed by atoms with Gasteiger partial charge in [-0.3, -0.25) is 0 Å². The zero-order chi connectivity index (χ0) is 9.19. The maximum Gasteiger partial charge on any atom is 0.0598 e. The van der Waals surface area contributed by atoms with E-state index in [0.717, 1.165) is 12.3 Å². The van der Waals surface area contributed by atoms with Crippen LogP contribution in [0.3, 0.4) is 0 Å². The van der Waals surface area contributed by atoms with Crippen LogP contribution in [0.1, 0.15) is 33.6 Å². The average Bonchev–Trinajstić information content (AvgIpc) is 2.38.